The Morgan fingerprint density at radius 1 is 1.05 bits per heavy atom. The van der Waals surface area contributed by atoms with Crippen LogP contribution in [0.15, 0.2) is 36.4 Å². The molecule has 0 aromatic heterocycles. The van der Waals surface area contributed by atoms with Gasteiger partial charge in [-0.05, 0) is 24.6 Å². The minimum Gasteiger partial charge on any atom is -0.497 e. The van der Waals surface area contributed by atoms with E-state index in [2.05, 4.69) is 0 Å². The monoisotopic (exact) mass is 293 g/mol. The normalized spacial score (nSPS) is 12.0. The van der Waals surface area contributed by atoms with Gasteiger partial charge in [-0.2, -0.15) is 0 Å². The molecule has 0 bridgehead atoms. The summed E-state index contributed by atoms with van der Waals surface area (Å²) < 4.78 is 38.2. The van der Waals surface area contributed by atoms with Crippen molar-refractivity contribution in [3.05, 3.63) is 59.2 Å². The maximum absolute atomic E-state index is 14.0. The van der Waals surface area contributed by atoms with Gasteiger partial charge in [0.15, 0.2) is 0 Å². The summed E-state index contributed by atoms with van der Waals surface area (Å²) in [5, 5.41) is 0. The van der Waals surface area contributed by atoms with Crippen molar-refractivity contribution in [1.29, 1.82) is 0 Å². The summed E-state index contributed by atoms with van der Waals surface area (Å²) in [5.41, 5.74) is 6.39. The largest absolute Gasteiger partial charge is 0.497 e. The average molecular weight is 293 g/mol. The van der Waals surface area contributed by atoms with E-state index in [-0.39, 0.29) is 11.3 Å². The Kier molecular flexibility index (Phi) is 4.75. The Hall–Kier alpha value is -2.14. The highest BCUT2D eigenvalue weighted by molar-refractivity contribution is 5.39. The predicted octanol–water partition coefficient (Wildman–Crippen LogP) is 3.42. The maximum atomic E-state index is 14.0. The van der Waals surface area contributed by atoms with Crippen LogP contribution in [0, 0.1) is 11.6 Å². The Labute approximate surface area is 122 Å². The third-order valence-corrected chi connectivity index (χ3v) is 3.15. The number of benzene rings is 2. The highest BCUT2D eigenvalue weighted by Crippen LogP contribution is 2.29. The van der Waals surface area contributed by atoms with Gasteiger partial charge in [0.05, 0.1) is 19.8 Å². The molecule has 2 rings (SSSR count). The molecule has 2 aromatic carbocycles. The Morgan fingerprint density at radius 2 is 1.62 bits per heavy atom. The van der Waals surface area contributed by atoms with E-state index in [4.69, 9.17) is 15.2 Å². The lowest BCUT2D eigenvalue weighted by Gasteiger charge is -2.16. The van der Waals surface area contributed by atoms with E-state index in [9.17, 15) is 8.78 Å². The second-order valence-electron chi connectivity index (χ2n) is 4.48. The van der Waals surface area contributed by atoms with Crippen LogP contribution in [0.3, 0.4) is 0 Å². The molecule has 0 spiro atoms. The zero-order chi connectivity index (χ0) is 15.4. The number of ether oxygens (including phenoxy) is 2. The third-order valence-electron chi connectivity index (χ3n) is 3.15. The highest BCUT2D eigenvalue weighted by atomic mass is 19.1. The fourth-order valence-electron chi connectivity index (χ4n) is 2.08. The van der Waals surface area contributed by atoms with Gasteiger partial charge in [0.2, 0.25) is 0 Å². The summed E-state index contributed by atoms with van der Waals surface area (Å²) >= 11 is 0. The molecule has 0 aliphatic heterocycles. The molecule has 0 saturated carbocycles. The van der Waals surface area contributed by atoms with Gasteiger partial charge >= 0.3 is 0 Å². The molecule has 2 aromatic rings. The zero-order valence-corrected chi connectivity index (χ0v) is 11.9. The maximum Gasteiger partial charge on any atom is 0.134 e. The van der Waals surface area contributed by atoms with Crippen LogP contribution in [0.2, 0.25) is 0 Å². The molecule has 21 heavy (non-hydrogen) atoms. The smallest absolute Gasteiger partial charge is 0.134 e. The molecule has 5 heteroatoms. The first-order valence-electron chi connectivity index (χ1n) is 6.58. The average Bonchev–Trinajstić information content (AvgIpc) is 2.47. The molecule has 0 fully saturated rings. The molecule has 0 saturated heterocycles. The first-order valence-corrected chi connectivity index (χ1v) is 6.58. The fourth-order valence-corrected chi connectivity index (χ4v) is 2.08. The number of hydrogen-bond acceptors (Lipinski definition) is 3. The van der Waals surface area contributed by atoms with Gasteiger partial charge < -0.3 is 15.2 Å². The van der Waals surface area contributed by atoms with Crippen LogP contribution in [0.1, 0.15) is 24.1 Å². The number of methoxy groups -OCH3 is 1. The number of hydrogen-bond donors (Lipinski definition) is 1. The summed E-state index contributed by atoms with van der Waals surface area (Å²) in [6.45, 7) is 2.43. The van der Waals surface area contributed by atoms with Crippen molar-refractivity contribution in [1.82, 2.24) is 0 Å². The van der Waals surface area contributed by atoms with Crippen LogP contribution in [0.25, 0.3) is 0 Å². The highest BCUT2D eigenvalue weighted by Gasteiger charge is 2.20. The molecule has 0 aliphatic carbocycles. The molecule has 0 radical (unpaired) electrons. The van der Waals surface area contributed by atoms with Crippen LogP contribution in [-0.2, 0) is 0 Å². The second-order valence-corrected chi connectivity index (χ2v) is 4.48. The van der Waals surface area contributed by atoms with Crippen LogP contribution in [0.5, 0.6) is 11.5 Å². The molecule has 0 amide bonds. The van der Waals surface area contributed by atoms with Gasteiger partial charge in [0, 0.05) is 17.7 Å². The lowest BCUT2D eigenvalue weighted by Crippen LogP contribution is -2.15. The first-order chi connectivity index (χ1) is 10.1. The minimum atomic E-state index is -0.897. The van der Waals surface area contributed by atoms with Gasteiger partial charge in [-0.25, -0.2) is 8.78 Å². The summed E-state index contributed by atoms with van der Waals surface area (Å²) in [6, 6.07) is 8.17. The summed E-state index contributed by atoms with van der Waals surface area (Å²) in [5.74, 6) is -0.654. The molecular formula is C16H17F2NO2. The molecular weight excluding hydrogens is 276 g/mol. The van der Waals surface area contributed by atoms with Crippen molar-refractivity contribution < 1.29 is 18.3 Å². The quantitative estimate of drug-likeness (QED) is 0.918. The van der Waals surface area contributed by atoms with Gasteiger partial charge in [-0.3, -0.25) is 0 Å². The summed E-state index contributed by atoms with van der Waals surface area (Å²) in [7, 11) is 1.35. The Morgan fingerprint density at radius 3 is 2.10 bits per heavy atom. The van der Waals surface area contributed by atoms with Crippen molar-refractivity contribution in [2.45, 2.75) is 13.0 Å². The molecule has 0 heterocycles. The molecule has 2 N–H and O–H groups in total. The van der Waals surface area contributed by atoms with Crippen LogP contribution in [-0.4, -0.2) is 13.7 Å². The fraction of sp³-hybridized carbons (Fsp3) is 0.250. The molecule has 1 unspecified atom stereocenters. The van der Waals surface area contributed by atoms with Crippen molar-refractivity contribution in [2.24, 2.45) is 5.73 Å². The third kappa shape index (κ3) is 3.31. The standard InChI is InChI=1S/C16H17F2NO2/c1-3-21-11-6-4-10(5-7-11)16(19)15-13(17)8-12(20-2)9-14(15)18/h4-9,16H,3,19H2,1-2H3. The second kappa shape index (κ2) is 6.54. The van der Waals surface area contributed by atoms with E-state index >= 15 is 0 Å². The topological polar surface area (TPSA) is 44.5 Å². The molecule has 3 nitrogen and oxygen atoms in total. The van der Waals surface area contributed by atoms with E-state index in [1.54, 1.807) is 24.3 Å². The molecule has 0 aliphatic rings. The predicted molar refractivity (Wildman–Crippen MR) is 76.6 cm³/mol. The van der Waals surface area contributed by atoms with Gasteiger partial charge in [-0.15, -0.1) is 0 Å². The zero-order valence-electron chi connectivity index (χ0n) is 11.9. The van der Waals surface area contributed by atoms with Gasteiger partial charge in [-0.1, -0.05) is 12.1 Å². The van der Waals surface area contributed by atoms with E-state index in [1.807, 2.05) is 6.92 Å². The number of rotatable bonds is 5. The number of halogens is 2. The minimum absolute atomic E-state index is 0.118. The van der Waals surface area contributed by atoms with Gasteiger partial charge in [0.1, 0.15) is 23.1 Å². The van der Waals surface area contributed by atoms with Crippen molar-refractivity contribution in [3.8, 4) is 11.5 Å². The number of nitrogens with two attached hydrogens (primary N) is 1. The molecule has 1 atom stereocenters. The SMILES string of the molecule is CCOc1ccc(C(N)c2c(F)cc(OC)cc2F)cc1. The van der Waals surface area contributed by atoms with E-state index in [0.29, 0.717) is 17.9 Å². The Bertz CT molecular complexity index is 591. The summed E-state index contributed by atoms with van der Waals surface area (Å²) in [6.07, 6.45) is 0. The Balaban J connectivity index is 2.33. The lowest BCUT2D eigenvalue weighted by molar-refractivity contribution is 0.340. The lowest BCUT2D eigenvalue weighted by atomic mass is 9.98. The van der Waals surface area contributed by atoms with Crippen molar-refractivity contribution in [2.75, 3.05) is 13.7 Å². The van der Waals surface area contributed by atoms with Gasteiger partial charge in [0.25, 0.3) is 0 Å². The summed E-state index contributed by atoms with van der Waals surface area (Å²) in [4.78, 5) is 0. The van der Waals surface area contributed by atoms with E-state index in [1.165, 1.54) is 7.11 Å². The van der Waals surface area contributed by atoms with Crippen molar-refractivity contribution >= 4 is 0 Å². The van der Waals surface area contributed by atoms with Crippen molar-refractivity contribution in [3.63, 3.8) is 0 Å². The molecule has 112 valence electrons. The van der Waals surface area contributed by atoms with Crippen LogP contribution < -0.4 is 15.2 Å². The van der Waals surface area contributed by atoms with E-state index in [0.717, 1.165) is 12.1 Å². The van der Waals surface area contributed by atoms with E-state index < -0.39 is 17.7 Å². The van der Waals surface area contributed by atoms with Crippen LogP contribution >= 0.6 is 0 Å². The first kappa shape index (κ1) is 15.3. The van der Waals surface area contributed by atoms with Crippen LogP contribution in [0.4, 0.5) is 8.78 Å².